The van der Waals surface area contributed by atoms with Gasteiger partial charge < -0.3 is 4.90 Å². The third kappa shape index (κ3) is 4.32. The lowest BCUT2D eigenvalue weighted by molar-refractivity contribution is -0.132. The molecule has 1 amide bonds. The number of halogens is 2. The summed E-state index contributed by atoms with van der Waals surface area (Å²) < 4.78 is 25.8. The Morgan fingerprint density at radius 2 is 2.05 bits per heavy atom. The van der Waals surface area contributed by atoms with E-state index in [4.69, 9.17) is 5.26 Å². The van der Waals surface area contributed by atoms with Crippen LogP contribution in [0.5, 0.6) is 0 Å². The Labute approximate surface area is 111 Å². The minimum atomic E-state index is -0.960. The minimum absolute atomic E-state index is 0.000802. The first kappa shape index (κ1) is 15.1. The minimum Gasteiger partial charge on any atom is -0.339 e. The van der Waals surface area contributed by atoms with Gasteiger partial charge in [0, 0.05) is 12.6 Å². The van der Waals surface area contributed by atoms with Crippen LogP contribution < -0.4 is 0 Å². The summed E-state index contributed by atoms with van der Waals surface area (Å²) >= 11 is 0. The molecule has 5 heteroatoms. The largest absolute Gasteiger partial charge is 0.339 e. The van der Waals surface area contributed by atoms with Gasteiger partial charge in [-0.2, -0.15) is 5.26 Å². The predicted molar refractivity (Wildman–Crippen MR) is 67.1 cm³/mol. The van der Waals surface area contributed by atoms with Gasteiger partial charge in [-0.25, -0.2) is 8.78 Å². The van der Waals surface area contributed by atoms with Crippen molar-refractivity contribution in [3.8, 4) is 6.07 Å². The third-order valence-corrected chi connectivity index (χ3v) is 2.75. The first-order valence-electron chi connectivity index (χ1n) is 6.06. The van der Waals surface area contributed by atoms with E-state index in [2.05, 4.69) is 0 Å². The fraction of sp³-hybridized carbons (Fsp3) is 0.429. The molecule has 0 heterocycles. The molecule has 0 aliphatic rings. The molecule has 0 bridgehead atoms. The van der Waals surface area contributed by atoms with E-state index in [0.29, 0.717) is 12.1 Å². The van der Waals surface area contributed by atoms with Crippen molar-refractivity contribution < 1.29 is 13.6 Å². The first-order chi connectivity index (χ1) is 8.95. The molecule has 0 radical (unpaired) electrons. The normalized spacial score (nSPS) is 10.3. The van der Waals surface area contributed by atoms with Gasteiger partial charge in [-0.05, 0) is 31.5 Å². The molecule has 0 aliphatic carbocycles. The third-order valence-electron chi connectivity index (χ3n) is 2.75. The van der Waals surface area contributed by atoms with E-state index in [0.717, 1.165) is 12.1 Å². The molecule has 1 aromatic rings. The molecule has 0 saturated carbocycles. The van der Waals surface area contributed by atoms with Crippen molar-refractivity contribution >= 4 is 5.91 Å². The van der Waals surface area contributed by atoms with E-state index in [-0.39, 0.29) is 24.8 Å². The van der Waals surface area contributed by atoms with E-state index in [1.807, 2.05) is 19.9 Å². The smallest absolute Gasteiger partial charge is 0.227 e. The number of benzene rings is 1. The number of carbonyl (C=O) groups is 1. The summed E-state index contributed by atoms with van der Waals surface area (Å²) in [6.45, 7) is 4.04. The molecule has 0 atom stereocenters. The summed E-state index contributed by atoms with van der Waals surface area (Å²) in [5, 5.41) is 8.56. The maximum Gasteiger partial charge on any atom is 0.227 e. The zero-order valence-corrected chi connectivity index (χ0v) is 11.0. The topological polar surface area (TPSA) is 44.1 Å². The SMILES string of the molecule is CC(C)N(CCC#N)C(=O)Cc1ccc(F)c(F)c1. The summed E-state index contributed by atoms with van der Waals surface area (Å²) in [5.41, 5.74) is 0.423. The molecule has 0 fully saturated rings. The molecule has 0 aliphatic heterocycles. The number of carbonyl (C=O) groups excluding carboxylic acids is 1. The zero-order valence-electron chi connectivity index (χ0n) is 11.0. The van der Waals surface area contributed by atoms with Gasteiger partial charge in [0.2, 0.25) is 5.91 Å². The van der Waals surface area contributed by atoms with Gasteiger partial charge in [-0.3, -0.25) is 4.79 Å². The lowest BCUT2D eigenvalue weighted by Gasteiger charge is -2.26. The monoisotopic (exact) mass is 266 g/mol. The van der Waals surface area contributed by atoms with Gasteiger partial charge in [0.25, 0.3) is 0 Å². The highest BCUT2D eigenvalue weighted by atomic mass is 19.2. The van der Waals surface area contributed by atoms with Gasteiger partial charge in [0.15, 0.2) is 11.6 Å². The van der Waals surface area contributed by atoms with Crippen LogP contribution in [0.15, 0.2) is 18.2 Å². The number of nitriles is 1. The number of amides is 1. The Morgan fingerprint density at radius 1 is 1.37 bits per heavy atom. The number of hydrogen-bond acceptors (Lipinski definition) is 2. The van der Waals surface area contributed by atoms with Gasteiger partial charge in [0.1, 0.15) is 0 Å². The Balaban J connectivity index is 2.75. The highest BCUT2D eigenvalue weighted by Gasteiger charge is 2.17. The fourth-order valence-corrected chi connectivity index (χ4v) is 1.77. The van der Waals surface area contributed by atoms with Gasteiger partial charge >= 0.3 is 0 Å². The van der Waals surface area contributed by atoms with Crippen LogP contribution in [0.1, 0.15) is 25.8 Å². The summed E-state index contributed by atoms with van der Waals surface area (Å²) in [4.78, 5) is 13.6. The van der Waals surface area contributed by atoms with Crippen LogP contribution in [0.3, 0.4) is 0 Å². The van der Waals surface area contributed by atoms with E-state index in [1.54, 1.807) is 4.90 Å². The van der Waals surface area contributed by atoms with Crippen LogP contribution >= 0.6 is 0 Å². The molecule has 0 aromatic heterocycles. The standard InChI is InChI=1S/C14H16F2N2O/c1-10(2)18(7-3-6-17)14(19)9-11-4-5-12(15)13(16)8-11/h4-5,8,10H,3,7,9H2,1-2H3. The van der Waals surface area contributed by atoms with Gasteiger partial charge in [-0.15, -0.1) is 0 Å². The Hall–Kier alpha value is -1.96. The van der Waals surface area contributed by atoms with Crippen molar-refractivity contribution in [2.45, 2.75) is 32.7 Å². The quantitative estimate of drug-likeness (QED) is 0.822. The van der Waals surface area contributed by atoms with Crippen LogP contribution in [-0.4, -0.2) is 23.4 Å². The Morgan fingerprint density at radius 3 is 2.58 bits per heavy atom. The highest BCUT2D eigenvalue weighted by Crippen LogP contribution is 2.11. The number of nitrogens with zero attached hydrogens (tertiary/aromatic N) is 2. The summed E-state index contributed by atoms with van der Waals surface area (Å²) in [7, 11) is 0. The maximum absolute atomic E-state index is 13.0. The zero-order chi connectivity index (χ0) is 14.4. The van der Waals surface area contributed by atoms with Crippen LogP contribution in [0, 0.1) is 23.0 Å². The second kappa shape index (κ2) is 6.83. The first-order valence-corrected chi connectivity index (χ1v) is 6.06. The average Bonchev–Trinajstić information content (AvgIpc) is 2.34. The van der Waals surface area contributed by atoms with Crippen molar-refractivity contribution in [1.29, 1.82) is 5.26 Å². The van der Waals surface area contributed by atoms with Crippen molar-refractivity contribution in [3.05, 3.63) is 35.4 Å². The van der Waals surface area contributed by atoms with E-state index in [9.17, 15) is 13.6 Å². The fourth-order valence-electron chi connectivity index (χ4n) is 1.77. The lowest BCUT2D eigenvalue weighted by Crippen LogP contribution is -2.38. The van der Waals surface area contributed by atoms with Crippen molar-refractivity contribution in [2.24, 2.45) is 0 Å². The summed E-state index contributed by atoms with van der Waals surface area (Å²) in [6, 6.07) is 5.37. The lowest BCUT2D eigenvalue weighted by atomic mass is 10.1. The van der Waals surface area contributed by atoms with Crippen LogP contribution in [0.2, 0.25) is 0 Å². The van der Waals surface area contributed by atoms with Gasteiger partial charge in [-0.1, -0.05) is 6.07 Å². The predicted octanol–water partition coefficient (Wildman–Crippen LogP) is 2.66. The van der Waals surface area contributed by atoms with Crippen LogP contribution in [0.25, 0.3) is 0 Å². The Kier molecular flexibility index (Phi) is 5.43. The number of hydrogen-bond donors (Lipinski definition) is 0. The molecular weight excluding hydrogens is 250 g/mol. The molecule has 3 nitrogen and oxygen atoms in total. The average molecular weight is 266 g/mol. The number of rotatable bonds is 5. The highest BCUT2D eigenvalue weighted by molar-refractivity contribution is 5.79. The van der Waals surface area contributed by atoms with Crippen LogP contribution in [0.4, 0.5) is 8.78 Å². The van der Waals surface area contributed by atoms with E-state index < -0.39 is 11.6 Å². The van der Waals surface area contributed by atoms with Crippen molar-refractivity contribution in [1.82, 2.24) is 4.90 Å². The Bertz CT molecular complexity index is 495. The molecule has 1 aromatic carbocycles. The van der Waals surface area contributed by atoms with E-state index >= 15 is 0 Å². The maximum atomic E-state index is 13.0. The van der Waals surface area contributed by atoms with Crippen molar-refractivity contribution in [2.75, 3.05) is 6.54 Å². The summed E-state index contributed by atoms with van der Waals surface area (Å²) in [6.07, 6.45) is 0.252. The molecule has 1 rings (SSSR count). The second-order valence-electron chi connectivity index (χ2n) is 4.51. The molecule has 0 unspecified atom stereocenters. The summed E-state index contributed by atoms with van der Waals surface area (Å²) in [5.74, 6) is -2.09. The van der Waals surface area contributed by atoms with Gasteiger partial charge in [0.05, 0.1) is 18.9 Å². The molecule has 0 saturated heterocycles. The molecule has 102 valence electrons. The van der Waals surface area contributed by atoms with Crippen LogP contribution in [-0.2, 0) is 11.2 Å². The molecule has 0 N–H and O–H groups in total. The molecule has 0 spiro atoms. The van der Waals surface area contributed by atoms with E-state index in [1.165, 1.54) is 6.07 Å². The molecule has 19 heavy (non-hydrogen) atoms. The second-order valence-corrected chi connectivity index (χ2v) is 4.51. The van der Waals surface area contributed by atoms with Crippen molar-refractivity contribution in [3.63, 3.8) is 0 Å². The molecular formula is C14H16F2N2O.